The molecule has 0 bridgehead atoms. The summed E-state index contributed by atoms with van der Waals surface area (Å²) < 4.78 is 1.73. The maximum atomic E-state index is 10.9. The van der Waals surface area contributed by atoms with E-state index in [1.54, 1.807) is 4.57 Å². The van der Waals surface area contributed by atoms with Crippen molar-refractivity contribution in [2.75, 3.05) is 5.33 Å². The minimum Gasteiger partial charge on any atom is -0.306 e. The highest BCUT2D eigenvalue weighted by Gasteiger charge is 1.93. The highest BCUT2D eigenvalue weighted by molar-refractivity contribution is 9.09. The fourth-order valence-electron chi connectivity index (χ4n) is 0.687. The number of halogens is 1. The van der Waals surface area contributed by atoms with Crippen LogP contribution in [0.2, 0.25) is 0 Å². The average molecular weight is 222 g/mol. The Hall–Kier alpha value is -0.0900. The summed E-state index contributed by atoms with van der Waals surface area (Å²) in [6.45, 7) is 0.827. The van der Waals surface area contributed by atoms with Gasteiger partial charge in [-0.3, -0.25) is 4.79 Å². The molecule has 0 radical (unpaired) electrons. The van der Waals surface area contributed by atoms with E-state index in [2.05, 4.69) is 15.9 Å². The first-order valence-electron chi connectivity index (χ1n) is 3.04. The average Bonchev–Trinajstić information content (AvgIpc) is 2.31. The van der Waals surface area contributed by atoms with E-state index >= 15 is 0 Å². The van der Waals surface area contributed by atoms with Gasteiger partial charge in [-0.05, 0) is 6.42 Å². The van der Waals surface area contributed by atoms with Crippen LogP contribution >= 0.6 is 27.3 Å². The van der Waals surface area contributed by atoms with Crippen molar-refractivity contribution in [1.82, 2.24) is 4.57 Å². The molecule has 1 aromatic rings. The number of thiazole rings is 1. The van der Waals surface area contributed by atoms with Gasteiger partial charge < -0.3 is 4.57 Å². The van der Waals surface area contributed by atoms with E-state index in [4.69, 9.17) is 0 Å². The van der Waals surface area contributed by atoms with Gasteiger partial charge in [-0.15, -0.1) is 0 Å². The smallest absolute Gasteiger partial charge is 0.306 e. The lowest BCUT2D eigenvalue weighted by atomic mass is 10.5. The summed E-state index contributed by atoms with van der Waals surface area (Å²) >= 11 is 4.55. The molecule has 1 rings (SSSR count). The maximum Gasteiger partial charge on any atom is 0.307 e. The zero-order chi connectivity index (χ0) is 7.40. The molecule has 1 heterocycles. The summed E-state index contributed by atoms with van der Waals surface area (Å²) in [5.41, 5.74) is 0. The molecule has 4 heteroatoms. The van der Waals surface area contributed by atoms with Gasteiger partial charge in [0, 0.05) is 23.5 Å². The second-order valence-corrected chi connectivity index (χ2v) is 3.55. The van der Waals surface area contributed by atoms with Crippen LogP contribution in [0.25, 0.3) is 0 Å². The molecule has 56 valence electrons. The molecule has 1 aromatic heterocycles. The standard InChI is InChI=1S/C6H8BrNOS/c7-2-1-3-8-4-5-10-6(8)9/h4-5H,1-3H2. The van der Waals surface area contributed by atoms with Gasteiger partial charge in [-0.2, -0.15) is 0 Å². The molecular formula is C6H8BrNOS. The summed E-state index contributed by atoms with van der Waals surface area (Å²) in [4.78, 5) is 11.0. The van der Waals surface area contributed by atoms with Crippen LogP contribution < -0.4 is 4.87 Å². The minimum absolute atomic E-state index is 0.140. The van der Waals surface area contributed by atoms with Gasteiger partial charge >= 0.3 is 4.87 Å². The quantitative estimate of drug-likeness (QED) is 0.713. The van der Waals surface area contributed by atoms with Crippen molar-refractivity contribution in [1.29, 1.82) is 0 Å². The maximum absolute atomic E-state index is 10.9. The molecule has 0 aliphatic heterocycles. The molecule has 0 N–H and O–H groups in total. The fraction of sp³-hybridized carbons (Fsp3) is 0.500. The van der Waals surface area contributed by atoms with Crippen molar-refractivity contribution in [2.45, 2.75) is 13.0 Å². The van der Waals surface area contributed by atoms with Gasteiger partial charge in [0.25, 0.3) is 0 Å². The van der Waals surface area contributed by atoms with E-state index in [0.29, 0.717) is 0 Å². The van der Waals surface area contributed by atoms with Crippen LogP contribution in [-0.2, 0) is 6.54 Å². The molecule has 0 saturated heterocycles. The van der Waals surface area contributed by atoms with E-state index in [-0.39, 0.29) is 4.87 Å². The lowest BCUT2D eigenvalue weighted by Gasteiger charge is -1.95. The van der Waals surface area contributed by atoms with E-state index in [0.717, 1.165) is 18.3 Å². The van der Waals surface area contributed by atoms with Crippen LogP contribution in [0.15, 0.2) is 16.4 Å². The molecule has 0 amide bonds. The molecule has 0 unspecified atom stereocenters. The van der Waals surface area contributed by atoms with Crippen LogP contribution in [-0.4, -0.2) is 9.90 Å². The first kappa shape index (κ1) is 8.01. The molecule has 0 aromatic carbocycles. The van der Waals surface area contributed by atoms with Gasteiger partial charge in [0.1, 0.15) is 0 Å². The number of aryl methyl sites for hydroxylation is 1. The summed E-state index contributed by atoms with van der Waals surface area (Å²) in [5.74, 6) is 0. The van der Waals surface area contributed by atoms with Gasteiger partial charge in [-0.1, -0.05) is 27.3 Å². The Bertz CT molecular complexity index is 242. The number of aromatic nitrogens is 1. The van der Waals surface area contributed by atoms with Crippen LogP contribution in [0, 0.1) is 0 Å². The van der Waals surface area contributed by atoms with Crippen LogP contribution in [0.5, 0.6) is 0 Å². The largest absolute Gasteiger partial charge is 0.307 e. The molecule has 0 atom stereocenters. The Morgan fingerprint density at radius 2 is 2.50 bits per heavy atom. The molecular weight excluding hydrogens is 214 g/mol. The van der Waals surface area contributed by atoms with E-state index in [9.17, 15) is 4.79 Å². The van der Waals surface area contributed by atoms with E-state index in [1.165, 1.54) is 11.3 Å². The van der Waals surface area contributed by atoms with Crippen LogP contribution in [0.4, 0.5) is 0 Å². The molecule has 0 aliphatic carbocycles. The van der Waals surface area contributed by atoms with Gasteiger partial charge in [0.05, 0.1) is 0 Å². The Morgan fingerprint density at radius 1 is 1.70 bits per heavy atom. The number of rotatable bonds is 3. The Balaban J connectivity index is 2.57. The van der Waals surface area contributed by atoms with Crippen molar-refractivity contribution in [3.05, 3.63) is 21.2 Å². The Kier molecular flexibility index (Phi) is 3.15. The van der Waals surface area contributed by atoms with Crippen LogP contribution in [0.1, 0.15) is 6.42 Å². The van der Waals surface area contributed by atoms with Crippen molar-refractivity contribution in [3.63, 3.8) is 0 Å². The first-order valence-corrected chi connectivity index (χ1v) is 5.04. The van der Waals surface area contributed by atoms with Crippen molar-refractivity contribution in [3.8, 4) is 0 Å². The summed E-state index contributed by atoms with van der Waals surface area (Å²) in [6, 6.07) is 0. The lowest BCUT2D eigenvalue weighted by molar-refractivity contribution is 0.676. The Morgan fingerprint density at radius 3 is 3.00 bits per heavy atom. The monoisotopic (exact) mass is 221 g/mol. The fourth-order valence-corrected chi connectivity index (χ4v) is 1.55. The summed E-state index contributed by atoms with van der Waals surface area (Å²) in [6.07, 6.45) is 2.84. The molecule has 0 spiro atoms. The first-order chi connectivity index (χ1) is 4.84. The van der Waals surface area contributed by atoms with E-state index in [1.807, 2.05) is 11.6 Å². The lowest BCUT2D eigenvalue weighted by Crippen LogP contribution is -2.11. The van der Waals surface area contributed by atoms with Gasteiger partial charge in [0.15, 0.2) is 0 Å². The highest BCUT2D eigenvalue weighted by atomic mass is 79.9. The van der Waals surface area contributed by atoms with Crippen molar-refractivity contribution in [2.24, 2.45) is 0 Å². The number of alkyl halides is 1. The third-order valence-corrected chi connectivity index (χ3v) is 2.43. The molecule has 10 heavy (non-hydrogen) atoms. The molecule has 0 saturated carbocycles. The van der Waals surface area contributed by atoms with E-state index < -0.39 is 0 Å². The predicted molar refractivity (Wildman–Crippen MR) is 47.0 cm³/mol. The number of hydrogen-bond acceptors (Lipinski definition) is 2. The topological polar surface area (TPSA) is 22.0 Å². The Labute approximate surface area is 71.6 Å². The van der Waals surface area contributed by atoms with Gasteiger partial charge in [0.2, 0.25) is 0 Å². The normalized spacial score (nSPS) is 10.1. The SMILES string of the molecule is O=c1sccn1CCCBr. The number of nitrogens with zero attached hydrogens (tertiary/aromatic N) is 1. The highest BCUT2D eigenvalue weighted by Crippen LogP contribution is 1.93. The number of hydrogen-bond donors (Lipinski definition) is 0. The zero-order valence-electron chi connectivity index (χ0n) is 5.42. The second-order valence-electron chi connectivity index (χ2n) is 1.90. The summed E-state index contributed by atoms with van der Waals surface area (Å²) in [5, 5.41) is 2.77. The van der Waals surface area contributed by atoms with Crippen molar-refractivity contribution >= 4 is 27.3 Å². The molecule has 2 nitrogen and oxygen atoms in total. The third kappa shape index (κ3) is 1.95. The zero-order valence-corrected chi connectivity index (χ0v) is 7.82. The van der Waals surface area contributed by atoms with Gasteiger partial charge in [-0.25, -0.2) is 0 Å². The second kappa shape index (κ2) is 3.93. The third-order valence-electron chi connectivity index (χ3n) is 1.18. The van der Waals surface area contributed by atoms with Crippen molar-refractivity contribution < 1.29 is 0 Å². The molecule has 0 fully saturated rings. The minimum atomic E-state index is 0.140. The van der Waals surface area contributed by atoms with Crippen LogP contribution in [0.3, 0.4) is 0 Å². The molecule has 0 aliphatic rings. The predicted octanol–water partition coefficient (Wildman–Crippen LogP) is 1.69. The summed E-state index contributed by atoms with van der Waals surface area (Å²) in [7, 11) is 0.